The van der Waals surface area contributed by atoms with Gasteiger partial charge in [0.1, 0.15) is 6.33 Å². The number of hydrogen-bond acceptors (Lipinski definition) is 8. The van der Waals surface area contributed by atoms with Crippen LogP contribution in [0.2, 0.25) is 0 Å². The van der Waals surface area contributed by atoms with E-state index >= 15 is 0 Å². The number of esters is 1. The maximum atomic E-state index is 12.1. The molecule has 33 heavy (non-hydrogen) atoms. The lowest BCUT2D eigenvalue weighted by Gasteiger charge is -2.30. The molecule has 1 aromatic heterocycles. The zero-order valence-corrected chi connectivity index (χ0v) is 18.5. The zero-order chi connectivity index (χ0) is 23.4. The second kappa shape index (κ2) is 9.64. The quantitative estimate of drug-likeness (QED) is 0.305. The van der Waals surface area contributed by atoms with Gasteiger partial charge in [-0.15, -0.1) is 0 Å². The number of para-hydroxylation sites is 1. The number of nitro groups is 1. The van der Waals surface area contributed by atoms with Crippen molar-refractivity contribution < 1.29 is 14.5 Å². The molecular formula is C24H25N5O4. The third-order valence-corrected chi connectivity index (χ3v) is 5.28. The number of aryl methyl sites for hydroxylation is 1. The Balaban J connectivity index is 1.61. The molecule has 0 saturated carbocycles. The first-order valence-electron chi connectivity index (χ1n) is 10.8. The smallest absolute Gasteiger partial charge is 0.354 e. The van der Waals surface area contributed by atoms with Crippen molar-refractivity contribution in [2.75, 3.05) is 23.4 Å². The molecule has 0 radical (unpaired) electrons. The molecule has 0 saturated heterocycles. The Morgan fingerprint density at radius 3 is 2.67 bits per heavy atom. The number of anilines is 4. The molecule has 2 aromatic carbocycles. The summed E-state index contributed by atoms with van der Waals surface area (Å²) in [6.45, 7) is 4.90. The van der Waals surface area contributed by atoms with Crippen molar-refractivity contribution in [3.05, 3.63) is 76.1 Å². The Hall–Kier alpha value is -4.01. The number of nitrogens with one attached hydrogen (secondary N) is 1. The molecule has 0 atom stereocenters. The van der Waals surface area contributed by atoms with Crippen LogP contribution in [0.25, 0.3) is 0 Å². The van der Waals surface area contributed by atoms with Gasteiger partial charge >= 0.3 is 11.7 Å². The summed E-state index contributed by atoms with van der Waals surface area (Å²) in [4.78, 5) is 34.0. The number of nitrogens with zero attached hydrogens (tertiary/aromatic N) is 4. The summed E-state index contributed by atoms with van der Waals surface area (Å²) in [7, 11) is 0. The lowest BCUT2D eigenvalue weighted by Crippen LogP contribution is -2.26. The van der Waals surface area contributed by atoms with Gasteiger partial charge in [0.05, 0.1) is 17.1 Å². The molecule has 4 rings (SSSR count). The summed E-state index contributed by atoms with van der Waals surface area (Å²) in [6, 6.07) is 14.4. The Labute approximate surface area is 191 Å². The third kappa shape index (κ3) is 4.92. The Morgan fingerprint density at radius 1 is 1.18 bits per heavy atom. The molecule has 0 amide bonds. The van der Waals surface area contributed by atoms with E-state index in [1.54, 1.807) is 24.3 Å². The number of carbonyl (C=O) groups is 1. The minimum absolute atomic E-state index is 0.0863. The predicted molar refractivity (Wildman–Crippen MR) is 125 cm³/mol. The number of hydrogen-bond donors (Lipinski definition) is 1. The van der Waals surface area contributed by atoms with Crippen LogP contribution in [-0.2, 0) is 11.2 Å². The van der Waals surface area contributed by atoms with Crippen LogP contribution in [0.1, 0.15) is 36.2 Å². The number of ether oxygens (including phenoxy) is 1. The van der Waals surface area contributed by atoms with Crippen LogP contribution in [0.5, 0.6) is 0 Å². The molecular weight excluding hydrogens is 422 g/mol. The number of rotatable bonds is 7. The van der Waals surface area contributed by atoms with E-state index in [1.165, 1.54) is 6.33 Å². The van der Waals surface area contributed by atoms with Crippen LogP contribution in [-0.4, -0.2) is 34.0 Å². The normalized spacial score (nSPS) is 12.9. The Kier molecular flexibility index (Phi) is 6.48. The van der Waals surface area contributed by atoms with Crippen molar-refractivity contribution >= 4 is 34.7 Å². The molecule has 9 heteroatoms. The van der Waals surface area contributed by atoms with Gasteiger partial charge in [0, 0.05) is 17.9 Å². The van der Waals surface area contributed by atoms with Crippen molar-refractivity contribution in [1.82, 2.24) is 9.97 Å². The standard InChI is InChI=1S/C24H25N5O4/c1-16(2)14-33-24(30)18-9-11-19(12-10-18)27-22-21(29(31)32)23(26-15-25-22)28-13-5-7-17-6-3-4-8-20(17)28/h3-4,6,8-12,15-16H,5,7,13-14H2,1-2H3,(H,25,26,27). The van der Waals surface area contributed by atoms with Gasteiger partial charge in [-0.05, 0) is 54.7 Å². The van der Waals surface area contributed by atoms with Crippen molar-refractivity contribution in [2.24, 2.45) is 5.92 Å². The highest BCUT2D eigenvalue weighted by atomic mass is 16.6. The van der Waals surface area contributed by atoms with Crippen molar-refractivity contribution in [1.29, 1.82) is 0 Å². The Morgan fingerprint density at radius 2 is 1.94 bits per heavy atom. The number of carbonyl (C=O) groups excluding carboxylic acids is 1. The summed E-state index contributed by atoms with van der Waals surface area (Å²) in [5.74, 6) is 0.172. The second-order valence-corrected chi connectivity index (χ2v) is 8.23. The van der Waals surface area contributed by atoms with E-state index in [4.69, 9.17) is 4.74 Å². The van der Waals surface area contributed by atoms with E-state index in [0.29, 0.717) is 24.4 Å². The fourth-order valence-corrected chi connectivity index (χ4v) is 3.73. The van der Waals surface area contributed by atoms with Gasteiger partial charge in [-0.3, -0.25) is 10.1 Å². The number of fused-ring (bicyclic) bond motifs is 1. The van der Waals surface area contributed by atoms with Gasteiger partial charge in [-0.2, -0.15) is 0 Å². The molecule has 1 N–H and O–H groups in total. The van der Waals surface area contributed by atoms with Crippen LogP contribution >= 0.6 is 0 Å². The van der Waals surface area contributed by atoms with E-state index in [0.717, 1.165) is 24.1 Å². The van der Waals surface area contributed by atoms with Crippen molar-refractivity contribution in [3.63, 3.8) is 0 Å². The average molecular weight is 447 g/mol. The van der Waals surface area contributed by atoms with Crippen molar-refractivity contribution in [3.8, 4) is 0 Å². The molecule has 1 aliphatic rings. The summed E-state index contributed by atoms with van der Waals surface area (Å²) >= 11 is 0. The molecule has 1 aliphatic heterocycles. The molecule has 0 fully saturated rings. The molecule has 0 aliphatic carbocycles. The molecule has 3 aromatic rings. The maximum absolute atomic E-state index is 12.1. The van der Waals surface area contributed by atoms with Gasteiger partial charge in [0.15, 0.2) is 0 Å². The van der Waals surface area contributed by atoms with E-state index in [-0.39, 0.29) is 23.2 Å². The topological polar surface area (TPSA) is 110 Å². The fraction of sp³-hybridized carbons (Fsp3) is 0.292. The first-order valence-corrected chi connectivity index (χ1v) is 10.8. The van der Waals surface area contributed by atoms with Crippen LogP contribution in [0.4, 0.5) is 28.7 Å². The Bertz CT molecular complexity index is 1160. The minimum atomic E-state index is -0.466. The minimum Gasteiger partial charge on any atom is -0.462 e. The first kappa shape index (κ1) is 22.2. The molecule has 170 valence electrons. The summed E-state index contributed by atoms with van der Waals surface area (Å²) in [6.07, 6.45) is 3.11. The highest BCUT2D eigenvalue weighted by Crippen LogP contribution is 2.40. The fourth-order valence-electron chi connectivity index (χ4n) is 3.73. The molecule has 0 spiro atoms. The zero-order valence-electron chi connectivity index (χ0n) is 18.5. The largest absolute Gasteiger partial charge is 0.462 e. The van der Waals surface area contributed by atoms with E-state index in [2.05, 4.69) is 15.3 Å². The predicted octanol–water partition coefficient (Wildman–Crippen LogP) is 5.03. The van der Waals surface area contributed by atoms with E-state index < -0.39 is 10.9 Å². The summed E-state index contributed by atoms with van der Waals surface area (Å²) < 4.78 is 5.24. The molecule has 0 unspecified atom stereocenters. The second-order valence-electron chi connectivity index (χ2n) is 8.23. The molecule has 9 nitrogen and oxygen atoms in total. The van der Waals surface area contributed by atoms with Gasteiger partial charge in [-0.25, -0.2) is 14.8 Å². The van der Waals surface area contributed by atoms with Crippen LogP contribution in [0, 0.1) is 16.0 Å². The highest BCUT2D eigenvalue weighted by molar-refractivity contribution is 5.90. The number of aromatic nitrogens is 2. The summed E-state index contributed by atoms with van der Waals surface area (Å²) in [5.41, 5.74) is 2.81. The SMILES string of the molecule is CC(C)COC(=O)c1ccc(Nc2ncnc(N3CCCc4ccccc43)c2[N+](=O)[O-])cc1. The summed E-state index contributed by atoms with van der Waals surface area (Å²) in [5, 5.41) is 15.1. The van der Waals surface area contributed by atoms with Crippen molar-refractivity contribution in [2.45, 2.75) is 26.7 Å². The van der Waals surface area contributed by atoms with Gasteiger partial charge in [0.25, 0.3) is 0 Å². The van der Waals surface area contributed by atoms with E-state index in [9.17, 15) is 14.9 Å². The number of benzene rings is 2. The van der Waals surface area contributed by atoms with Gasteiger partial charge < -0.3 is 15.0 Å². The maximum Gasteiger partial charge on any atom is 0.354 e. The monoisotopic (exact) mass is 447 g/mol. The molecule has 2 heterocycles. The lowest BCUT2D eigenvalue weighted by atomic mass is 10.0. The van der Waals surface area contributed by atoms with Gasteiger partial charge in [0.2, 0.25) is 11.6 Å². The van der Waals surface area contributed by atoms with Gasteiger partial charge in [-0.1, -0.05) is 32.0 Å². The van der Waals surface area contributed by atoms with Crippen LogP contribution in [0.15, 0.2) is 54.9 Å². The highest BCUT2D eigenvalue weighted by Gasteiger charge is 2.30. The third-order valence-electron chi connectivity index (χ3n) is 5.28. The average Bonchev–Trinajstić information content (AvgIpc) is 2.82. The van der Waals surface area contributed by atoms with E-state index in [1.807, 2.05) is 43.0 Å². The molecule has 0 bridgehead atoms. The van der Waals surface area contributed by atoms with Crippen LogP contribution in [0.3, 0.4) is 0 Å². The first-order chi connectivity index (χ1) is 15.9. The lowest BCUT2D eigenvalue weighted by molar-refractivity contribution is -0.383. The van der Waals surface area contributed by atoms with Crippen LogP contribution < -0.4 is 10.2 Å².